The summed E-state index contributed by atoms with van der Waals surface area (Å²) in [6, 6.07) is 15.1. The Hall–Kier alpha value is -2.87. The fourth-order valence-corrected chi connectivity index (χ4v) is 4.01. The molecule has 2 aliphatic heterocycles. The van der Waals surface area contributed by atoms with Crippen molar-refractivity contribution in [1.29, 1.82) is 5.26 Å². The van der Waals surface area contributed by atoms with Gasteiger partial charge in [0, 0.05) is 42.8 Å². The lowest BCUT2D eigenvalue weighted by molar-refractivity contribution is 0.0348. The number of carbonyl (C=O) groups is 1. The van der Waals surface area contributed by atoms with E-state index < -0.39 is 0 Å². The van der Waals surface area contributed by atoms with E-state index in [-0.39, 0.29) is 24.1 Å². The second-order valence-corrected chi connectivity index (χ2v) is 6.67. The molecule has 5 heteroatoms. The number of nitriles is 1. The van der Waals surface area contributed by atoms with Gasteiger partial charge in [-0.25, -0.2) is 4.98 Å². The van der Waals surface area contributed by atoms with Gasteiger partial charge in [-0.05, 0) is 37.1 Å². The van der Waals surface area contributed by atoms with Gasteiger partial charge in [0.15, 0.2) is 0 Å². The Labute approximate surface area is 146 Å². The number of nitrogens with zero attached hydrogens (tertiary/aromatic N) is 3. The van der Waals surface area contributed by atoms with E-state index in [0.29, 0.717) is 17.0 Å². The molecule has 4 rings (SSSR count). The normalized spacial score (nSPS) is 24.6. The molecular weight excluding hydrogens is 314 g/mol. The molecule has 0 saturated carbocycles. The van der Waals surface area contributed by atoms with Crippen LogP contribution in [0.5, 0.6) is 5.88 Å². The van der Waals surface area contributed by atoms with Crippen LogP contribution in [0.4, 0.5) is 0 Å². The molecule has 0 radical (unpaired) electrons. The average molecular weight is 333 g/mol. The Kier molecular flexibility index (Phi) is 4.10. The summed E-state index contributed by atoms with van der Waals surface area (Å²) in [7, 11) is 0. The molecule has 2 atom stereocenters. The number of fused-ring (bicyclic) bond motifs is 2. The van der Waals surface area contributed by atoms with Crippen LogP contribution in [0.2, 0.25) is 0 Å². The van der Waals surface area contributed by atoms with Crippen molar-refractivity contribution in [2.45, 2.75) is 43.9 Å². The lowest BCUT2D eigenvalue weighted by atomic mass is 9.98. The monoisotopic (exact) mass is 333 g/mol. The van der Waals surface area contributed by atoms with Gasteiger partial charge in [0.25, 0.3) is 5.91 Å². The Bertz CT molecular complexity index is 801. The molecular formula is C20H19N3O2. The maximum Gasteiger partial charge on any atom is 0.254 e. The van der Waals surface area contributed by atoms with Gasteiger partial charge in [0.05, 0.1) is 11.6 Å². The lowest BCUT2D eigenvalue weighted by Gasteiger charge is -2.38. The van der Waals surface area contributed by atoms with Crippen molar-refractivity contribution in [3.63, 3.8) is 0 Å². The third-order valence-electron chi connectivity index (χ3n) is 5.09. The molecule has 1 aromatic carbocycles. The van der Waals surface area contributed by atoms with E-state index in [0.717, 1.165) is 25.7 Å². The van der Waals surface area contributed by atoms with E-state index in [1.807, 2.05) is 23.1 Å². The maximum atomic E-state index is 13.0. The molecule has 25 heavy (non-hydrogen) atoms. The Morgan fingerprint density at radius 2 is 1.96 bits per heavy atom. The average Bonchev–Trinajstić information content (AvgIpc) is 2.92. The van der Waals surface area contributed by atoms with Crippen molar-refractivity contribution in [2.24, 2.45) is 0 Å². The summed E-state index contributed by atoms with van der Waals surface area (Å²) in [6.07, 6.45) is 5.51. The van der Waals surface area contributed by atoms with E-state index in [9.17, 15) is 4.79 Å². The molecule has 0 N–H and O–H groups in total. The molecule has 2 bridgehead atoms. The van der Waals surface area contributed by atoms with Gasteiger partial charge in [-0.3, -0.25) is 4.79 Å². The van der Waals surface area contributed by atoms with Gasteiger partial charge >= 0.3 is 0 Å². The second kappa shape index (κ2) is 6.56. The number of pyridine rings is 1. The largest absolute Gasteiger partial charge is 0.474 e. The van der Waals surface area contributed by atoms with Crippen molar-refractivity contribution < 1.29 is 9.53 Å². The quantitative estimate of drug-likeness (QED) is 0.865. The van der Waals surface area contributed by atoms with Crippen LogP contribution in [0.1, 0.15) is 41.6 Å². The number of ether oxygens (including phenoxy) is 1. The minimum Gasteiger partial charge on any atom is -0.474 e. The first kappa shape index (κ1) is 15.6. The third kappa shape index (κ3) is 3.08. The van der Waals surface area contributed by atoms with E-state index in [4.69, 9.17) is 10.00 Å². The summed E-state index contributed by atoms with van der Waals surface area (Å²) in [5.41, 5.74) is 1.12. The molecule has 2 aliphatic rings. The van der Waals surface area contributed by atoms with Gasteiger partial charge in [0.1, 0.15) is 6.10 Å². The number of hydrogen-bond donors (Lipinski definition) is 0. The molecule has 5 nitrogen and oxygen atoms in total. The number of piperidine rings is 1. The fourth-order valence-electron chi connectivity index (χ4n) is 4.01. The summed E-state index contributed by atoms with van der Waals surface area (Å²) >= 11 is 0. The Morgan fingerprint density at radius 3 is 2.64 bits per heavy atom. The van der Waals surface area contributed by atoms with Gasteiger partial charge in [0.2, 0.25) is 5.88 Å². The Balaban J connectivity index is 1.49. The zero-order valence-electron chi connectivity index (χ0n) is 13.8. The molecule has 2 fully saturated rings. The van der Waals surface area contributed by atoms with Crippen molar-refractivity contribution in [3.8, 4) is 11.9 Å². The smallest absolute Gasteiger partial charge is 0.254 e. The number of hydrogen-bond acceptors (Lipinski definition) is 4. The summed E-state index contributed by atoms with van der Waals surface area (Å²) in [4.78, 5) is 19.2. The van der Waals surface area contributed by atoms with Gasteiger partial charge < -0.3 is 9.64 Å². The predicted molar refractivity (Wildman–Crippen MR) is 92.0 cm³/mol. The number of benzene rings is 1. The highest BCUT2D eigenvalue weighted by atomic mass is 16.5. The molecule has 1 amide bonds. The standard InChI is InChI=1S/C20H19N3O2/c21-13-14-4-3-5-15(10-14)20(24)23-16-7-8-17(23)12-18(11-16)25-19-6-1-2-9-22-19/h1-6,9-10,16-18H,7-8,11-12H2. The minimum atomic E-state index is 0.0286. The second-order valence-electron chi connectivity index (χ2n) is 6.67. The maximum absolute atomic E-state index is 13.0. The van der Waals surface area contributed by atoms with E-state index >= 15 is 0 Å². The molecule has 0 spiro atoms. The molecule has 0 aliphatic carbocycles. The molecule has 2 saturated heterocycles. The van der Waals surface area contributed by atoms with Crippen LogP contribution in [-0.4, -0.2) is 34.0 Å². The number of amides is 1. The zero-order valence-corrected chi connectivity index (χ0v) is 13.8. The van der Waals surface area contributed by atoms with Gasteiger partial charge in [-0.1, -0.05) is 12.1 Å². The molecule has 126 valence electrons. The van der Waals surface area contributed by atoms with Crippen LogP contribution in [0.15, 0.2) is 48.7 Å². The predicted octanol–water partition coefficient (Wildman–Crippen LogP) is 3.17. The SMILES string of the molecule is N#Cc1cccc(C(=O)N2C3CCC2CC(Oc2ccccn2)C3)c1. The van der Waals surface area contributed by atoms with Crippen LogP contribution in [0.3, 0.4) is 0 Å². The summed E-state index contributed by atoms with van der Waals surface area (Å²) in [6.45, 7) is 0. The first-order valence-electron chi connectivity index (χ1n) is 8.65. The lowest BCUT2D eigenvalue weighted by Crippen LogP contribution is -2.49. The van der Waals surface area contributed by atoms with E-state index in [1.54, 1.807) is 30.5 Å². The third-order valence-corrected chi connectivity index (χ3v) is 5.09. The molecule has 3 heterocycles. The highest BCUT2D eigenvalue weighted by molar-refractivity contribution is 5.95. The fraction of sp³-hybridized carbons (Fsp3) is 0.350. The highest BCUT2D eigenvalue weighted by Gasteiger charge is 2.44. The van der Waals surface area contributed by atoms with E-state index in [1.165, 1.54) is 0 Å². The summed E-state index contributed by atoms with van der Waals surface area (Å²) in [5, 5.41) is 9.05. The minimum absolute atomic E-state index is 0.0286. The topological polar surface area (TPSA) is 66.2 Å². The van der Waals surface area contributed by atoms with Crippen LogP contribution >= 0.6 is 0 Å². The number of carbonyl (C=O) groups excluding carboxylic acids is 1. The zero-order chi connectivity index (χ0) is 17.2. The molecule has 2 aromatic rings. The number of rotatable bonds is 3. The van der Waals surface area contributed by atoms with Crippen LogP contribution < -0.4 is 4.74 Å². The van der Waals surface area contributed by atoms with Crippen LogP contribution in [-0.2, 0) is 0 Å². The van der Waals surface area contributed by atoms with Crippen molar-refractivity contribution >= 4 is 5.91 Å². The highest BCUT2D eigenvalue weighted by Crippen LogP contribution is 2.38. The molecule has 1 aromatic heterocycles. The first-order valence-corrected chi connectivity index (χ1v) is 8.65. The van der Waals surface area contributed by atoms with Crippen LogP contribution in [0, 0.1) is 11.3 Å². The number of aromatic nitrogens is 1. The summed E-state index contributed by atoms with van der Waals surface area (Å²) < 4.78 is 6.01. The van der Waals surface area contributed by atoms with Crippen molar-refractivity contribution in [3.05, 3.63) is 59.8 Å². The van der Waals surface area contributed by atoms with Gasteiger partial charge in [-0.2, -0.15) is 5.26 Å². The summed E-state index contributed by atoms with van der Waals surface area (Å²) in [5.74, 6) is 0.675. The first-order chi connectivity index (χ1) is 12.2. The van der Waals surface area contributed by atoms with E-state index in [2.05, 4.69) is 11.1 Å². The van der Waals surface area contributed by atoms with Crippen LogP contribution in [0.25, 0.3) is 0 Å². The molecule has 2 unspecified atom stereocenters. The van der Waals surface area contributed by atoms with Crippen molar-refractivity contribution in [2.75, 3.05) is 0 Å². The Morgan fingerprint density at radius 1 is 1.16 bits per heavy atom. The van der Waals surface area contributed by atoms with Gasteiger partial charge in [-0.15, -0.1) is 0 Å². The van der Waals surface area contributed by atoms with Crippen molar-refractivity contribution in [1.82, 2.24) is 9.88 Å².